The van der Waals surface area contributed by atoms with E-state index in [0.717, 1.165) is 10.9 Å². The number of para-hydroxylation sites is 1. The average molecular weight is 266 g/mol. The highest BCUT2D eigenvalue weighted by molar-refractivity contribution is 5.79. The Morgan fingerprint density at radius 2 is 1.90 bits per heavy atom. The van der Waals surface area contributed by atoms with Crippen LogP contribution >= 0.6 is 0 Å². The van der Waals surface area contributed by atoms with Gasteiger partial charge in [-0.05, 0) is 18.2 Å². The number of ether oxygens (including phenoxy) is 2. The maximum absolute atomic E-state index is 12.1. The fraction of sp³-hybridized carbons (Fsp3) is 0.0667. The number of aromatic nitrogens is 2. The van der Waals surface area contributed by atoms with Crippen molar-refractivity contribution in [2.75, 3.05) is 6.79 Å². The quantitative estimate of drug-likeness (QED) is 0.677. The van der Waals surface area contributed by atoms with Crippen LogP contribution < -0.4 is 15.2 Å². The maximum Gasteiger partial charge on any atom is 0.352 e. The van der Waals surface area contributed by atoms with Gasteiger partial charge in [0, 0.05) is 17.6 Å². The van der Waals surface area contributed by atoms with Gasteiger partial charge in [0.25, 0.3) is 0 Å². The second kappa shape index (κ2) is 4.09. The fourth-order valence-electron chi connectivity index (χ4n) is 2.36. The molecule has 0 radical (unpaired) electrons. The molecular formula is C15H10N2O3. The predicted molar refractivity (Wildman–Crippen MR) is 73.5 cm³/mol. The molecule has 0 spiro atoms. The summed E-state index contributed by atoms with van der Waals surface area (Å²) in [5.74, 6) is 1.33. The first-order valence-corrected chi connectivity index (χ1v) is 6.20. The molecule has 0 aliphatic carbocycles. The molecule has 1 aromatic heterocycles. The van der Waals surface area contributed by atoms with Crippen LogP contribution in [0, 0.1) is 0 Å². The summed E-state index contributed by atoms with van der Waals surface area (Å²) in [6, 6.07) is 13.0. The van der Waals surface area contributed by atoms with Crippen LogP contribution in [0.15, 0.2) is 53.5 Å². The van der Waals surface area contributed by atoms with Crippen LogP contribution in [0.5, 0.6) is 11.5 Å². The minimum absolute atomic E-state index is 0.210. The molecule has 0 saturated heterocycles. The summed E-state index contributed by atoms with van der Waals surface area (Å²) in [6.07, 6.45) is 1.58. The second-order valence-electron chi connectivity index (χ2n) is 4.47. The van der Waals surface area contributed by atoms with Gasteiger partial charge < -0.3 is 9.47 Å². The van der Waals surface area contributed by atoms with E-state index >= 15 is 0 Å². The van der Waals surface area contributed by atoms with Crippen molar-refractivity contribution in [1.29, 1.82) is 0 Å². The van der Waals surface area contributed by atoms with Crippen molar-refractivity contribution >= 4 is 10.9 Å². The van der Waals surface area contributed by atoms with Crippen molar-refractivity contribution in [3.05, 3.63) is 59.1 Å². The lowest BCUT2D eigenvalue weighted by Crippen LogP contribution is -2.21. The van der Waals surface area contributed by atoms with Crippen LogP contribution in [0.25, 0.3) is 16.6 Å². The summed E-state index contributed by atoms with van der Waals surface area (Å²) < 4.78 is 12.2. The molecule has 5 heteroatoms. The molecule has 0 N–H and O–H groups in total. The van der Waals surface area contributed by atoms with Crippen LogP contribution in [-0.2, 0) is 0 Å². The fourth-order valence-corrected chi connectivity index (χ4v) is 2.36. The van der Waals surface area contributed by atoms with Crippen LogP contribution in [0.2, 0.25) is 0 Å². The van der Waals surface area contributed by atoms with Crippen molar-refractivity contribution in [3.8, 4) is 17.2 Å². The van der Waals surface area contributed by atoms with E-state index in [1.807, 2.05) is 30.3 Å². The van der Waals surface area contributed by atoms with Gasteiger partial charge in [-0.1, -0.05) is 18.2 Å². The first-order valence-electron chi connectivity index (χ1n) is 6.20. The Morgan fingerprint density at radius 3 is 2.85 bits per heavy atom. The highest BCUT2D eigenvalue weighted by atomic mass is 16.7. The number of hydrogen-bond acceptors (Lipinski definition) is 4. The monoisotopic (exact) mass is 266 g/mol. The molecule has 0 bridgehead atoms. The summed E-state index contributed by atoms with van der Waals surface area (Å²) in [5.41, 5.74) is 1.21. The lowest BCUT2D eigenvalue weighted by molar-refractivity contribution is 0.174. The zero-order chi connectivity index (χ0) is 13.5. The van der Waals surface area contributed by atoms with Gasteiger partial charge >= 0.3 is 5.69 Å². The number of nitrogens with zero attached hydrogens (tertiary/aromatic N) is 2. The summed E-state index contributed by atoms with van der Waals surface area (Å²) in [5, 5.41) is 0.907. The highest BCUT2D eigenvalue weighted by Gasteiger charge is 2.15. The first kappa shape index (κ1) is 11.0. The Kier molecular flexibility index (Phi) is 2.26. The minimum atomic E-state index is -0.317. The molecule has 1 aliphatic heterocycles. The summed E-state index contributed by atoms with van der Waals surface area (Å²) >= 11 is 0. The van der Waals surface area contributed by atoms with E-state index in [2.05, 4.69) is 4.98 Å². The number of benzene rings is 2. The Hall–Kier alpha value is -2.82. The molecule has 2 aromatic carbocycles. The third kappa shape index (κ3) is 1.56. The molecule has 20 heavy (non-hydrogen) atoms. The molecule has 0 fully saturated rings. The summed E-state index contributed by atoms with van der Waals surface area (Å²) in [6.45, 7) is 0.210. The van der Waals surface area contributed by atoms with Gasteiger partial charge in [0.2, 0.25) is 6.79 Å². The first-order chi connectivity index (χ1) is 9.83. The molecule has 0 atom stereocenters. The predicted octanol–water partition coefficient (Wildman–Crippen LogP) is 2.11. The van der Waals surface area contributed by atoms with E-state index in [9.17, 15) is 4.79 Å². The zero-order valence-electron chi connectivity index (χ0n) is 10.4. The van der Waals surface area contributed by atoms with E-state index < -0.39 is 0 Å². The molecule has 4 rings (SSSR count). The Labute approximate surface area is 114 Å². The molecule has 1 aliphatic rings. The lowest BCUT2D eigenvalue weighted by atomic mass is 10.2. The number of rotatable bonds is 1. The Morgan fingerprint density at radius 1 is 1.05 bits per heavy atom. The van der Waals surface area contributed by atoms with Crippen LogP contribution in [-0.4, -0.2) is 16.3 Å². The van der Waals surface area contributed by atoms with Crippen molar-refractivity contribution in [1.82, 2.24) is 9.55 Å². The van der Waals surface area contributed by atoms with Gasteiger partial charge in [-0.25, -0.2) is 9.78 Å². The van der Waals surface area contributed by atoms with Gasteiger partial charge in [-0.3, -0.25) is 4.57 Å². The molecule has 98 valence electrons. The SMILES string of the molecule is O=c1ncc2ccccc2n1-c1ccc2c(c1)OCO2. The van der Waals surface area contributed by atoms with Gasteiger partial charge in [-0.15, -0.1) is 0 Å². The Balaban J connectivity index is 2.02. The average Bonchev–Trinajstić information content (AvgIpc) is 2.94. The van der Waals surface area contributed by atoms with Crippen LogP contribution in [0.1, 0.15) is 0 Å². The van der Waals surface area contributed by atoms with Gasteiger partial charge in [0.05, 0.1) is 11.2 Å². The molecule has 2 heterocycles. The molecule has 0 saturated carbocycles. The van der Waals surface area contributed by atoms with Gasteiger partial charge in [-0.2, -0.15) is 0 Å². The van der Waals surface area contributed by atoms with E-state index in [4.69, 9.17) is 9.47 Å². The van der Waals surface area contributed by atoms with Crippen molar-refractivity contribution in [3.63, 3.8) is 0 Å². The standard InChI is InChI=1S/C15H10N2O3/c18-15-16-8-10-3-1-2-4-12(10)17(15)11-5-6-13-14(7-11)20-9-19-13/h1-8H,9H2. The maximum atomic E-state index is 12.1. The molecule has 5 nitrogen and oxygen atoms in total. The highest BCUT2D eigenvalue weighted by Crippen LogP contribution is 2.33. The zero-order valence-corrected chi connectivity index (χ0v) is 10.4. The number of hydrogen-bond donors (Lipinski definition) is 0. The van der Waals surface area contributed by atoms with Crippen molar-refractivity contribution in [2.24, 2.45) is 0 Å². The smallest absolute Gasteiger partial charge is 0.352 e. The third-order valence-corrected chi connectivity index (χ3v) is 3.30. The van der Waals surface area contributed by atoms with Crippen LogP contribution in [0.3, 0.4) is 0 Å². The minimum Gasteiger partial charge on any atom is -0.454 e. The molecule has 0 amide bonds. The van der Waals surface area contributed by atoms with Gasteiger partial charge in [0.1, 0.15) is 0 Å². The van der Waals surface area contributed by atoms with E-state index in [1.165, 1.54) is 0 Å². The molecular weight excluding hydrogens is 256 g/mol. The van der Waals surface area contributed by atoms with E-state index in [-0.39, 0.29) is 12.5 Å². The summed E-state index contributed by atoms with van der Waals surface area (Å²) in [7, 11) is 0. The number of fused-ring (bicyclic) bond motifs is 2. The van der Waals surface area contributed by atoms with Gasteiger partial charge in [0.15, 0.2) is 11.5 Å². The molecule has 3 aromatic rings. The normalized spacial score (nSPS) is 12.8. The lowest BCUT2D eigenvalue weighted by Gasteiger charge is -2.09. The van der Waals surface area contributed by atoms with E-state index in [0.29, 0.717) is 17.2 Å². The molecule has 0 unspecified atom stereocenters. The topological polar surface area (TPSA) is 53.4 Å². The van der Waals surface area contributed by atoms with Crippen molar-refractivity contribution in [2.45, 2.75) is 0 Å². The van der Waals surface area contributed by atoms with Crippen molar-refractivity contribution < 1.29 is 9.47 Å². The summed E-state index contributed by atoms with van der Waals surface area (Å²) in [4.78, 5) is 16.0. The Bertz CT molecular complexity index is 870. The second-order valence-corrected chi connectivity index (χ2v) is 4.47. The third-order valence-electron chi connectivity index (χ3n) is 3.30. The van der Waals surface area contributed by atoms with E-state index in [1.54, 1.807) is 22.9 Å². The largest absolute Gasteiger partial charge is 0.454 e. The van der Waals surface area contributed by atoms with Crippen LogP contribution in [0.4, 0.5) is 0 Å².